The molecule has 0 fully saturated rings. The number of fused-ring (bicyclic) bond motifs is 2. The van der Waals surface area contributed by atoms with Crippen molar-refractivity contribution < 1.29 is 14.3 Å². The molecule has 0 aliphatic carbocycles. The number of aromatic nitrogens is 2. The summed E-state index contributed by atoms with van der Waals surface area (Å²) in [4.78, 5) is 30.2. The van der Waals surface area contributed by atoms with Crippen LogP contribution in [0.2, 0.25) is 0 Å². The predicted octanol–water partition coefficient (Wildman–Crippen LogP) is 3.18. The van der Waals surface area contributed by atoms with E-state index in [4.69, 9.17) is 9.47 Å². The van der Waals surface area contributed by atoms with Crippen LogP contribution in [0, 0.1) is 0 Å². The predicted molar refractivity (Wildman–Crippen MR) is 116 cm³/mol. The van der Waals surface area contributed by atoms with Crippen LogP contribution in [0.5, 0.6) is 11.5 Å². The highest BCUT2D eigenvalue weighted by Crippen LogP contribution is 2.33. The second-order valence-electron chi connectivity index (χ2n) is 8.08. The first-order valence-electron chi connectivity index (χ1n) is 9.62. The standard InChI is InChI=1S/C22H23N3O4S/c1-22(2,3)24-19(26)12-30-21-23-16-7-5-4-6-15(16)20(27)25(21)11-14-8-9-17-18(10-14)29-13-28-17/h4-10H,11-13H2,1-3H3,(H,24,26). The van der Waals surface area contributed by atoms with Gasteiger partial charge in [0, 0.05) is 5.54 Å². The first kappa shape index (κ1) is 20.3. The highest BCUT2D eigenvalue weighted by atomic mass is 32.2. The lowest BCUT2D eigenvalue weighted by molar-refractivity contribution is -0.119. The minimum atomic E-state index is -0.319. The molecule has 0 unspecified atom stereocenters. The average Bonchev–Trinajstić information content (AvgIpc) is 3.15. The van der Waals surface area contributed by atoms with E-state index in [2.05, 4.69) is 10.3 Å². The SMILES string of the molecule is CC(C)(C)NC(=O)CSc1nc2ccccc2c(=O)n1Cc1ccc2c(c1)OCO2. The van der Waals surface area contributed by atoms with Gasteiger partial charge in [-0.1, -0.05) is 30.0 Å². The van der Waals surface area contributed by atoms with Gasteiger partial charge in [0.1, 0.15) is 0 Å². The highest BCUT2D eigenvalue weighted by Gasteiger charge is 2.18. The molecule has 1 aliphatic heterocycles. The first-order valence-corrected chi connectivity index (χ1v) is 10.6. The largest absolute Gasteiger partial charge is 0.454 e. The van der Waals surface area contributed by atoms with Gasteiger partial charge < -0.3 is 14.8 Å². The molecule has 1 N–H and O–H groups in total. The van der Waals surface area contributed by atoms with Crippen LogP contribution in [0.4, 0.5) is 0 Å². The lowest BCUT2D eigenvalue weighted by Gasteiger charge is -2.20. The van der Waals surface area contributed by atoms with Crippen molar-refractivity contribution >= 4 is 28.6 Å². The summed E-state index contributed by atoms with van der Waals surface area (Å²) in [7, 11) is 0. The number of nitrogens with one attached hydrogen (secondary N) is 1. The van der Waals surface area contributed by atoms with Crippen LogP contribution < -0.4 is 20.3 Å². The molecule has 1 aromatic heterocycles. The van der Waals surface area contributed by atoms with Crippen LogP contribution >= 0.6 is 11.8 Å². The van der Waals surface area contributed by atoms with Gasteiger partial charge in [0.25, 0.3) is 5.56 Å². The molecule has 0 bridgehead atoms. The number of benzene rings is 2. The Kier molecular flexibility index (Phi) is 5.42. The van der Waals surface area contributed by atoms with Gasteiger partial charge >= 0.3 is 0 Å². The summed E-state index contributed by atoms with van der Waals surface area (Å²) in [6, 6.07) is 12.8. The zero-order valence-corrected chi connectivity index (χ0v) is 17.9. The molecule has 156 valence electrons. The third-order valence-electron chi connectivity index (χ3n) is 4.45. The monoisotopic (exact) mass is 425 g/mol. The van der Waals surface area contributed by atoms with E-state index >= 15 is 0 Å². The second kappa shape index (κ2) is 8.02. The van der Waals surface area contributed by atoms with Crippen molar-refractivity contribution in [3.05, 3.63) is 58.4 Å². The Morgan fingerprint density at radius 3 is 2.73 bits per heavy atom. The van der Waals surface area contributed by atoms with Crippen LogP contribution in [-0.4, -0.2) is 33.5 Å². The maximum atomic E-state index is 13.2. The number of carbonyl (C=O) groups excluding carboxylic acids is 1. The van der Waals surface area contributed by atoms with E-state index in [1.807, 2.05) is 51.1 Å². The number of amides is 1. The maximum absolute atomic E-state index is 13.2. The van der Waals surface area contributed by atoms with Crippen LogP contribution in [0.25, 0.3) is 10.9 Å². The topological polar surface area (TPSA) is 82.5 Å². The van der Waals surface area contributed by atoms with Crippen molar-refractivity contribution in [2.45, 2.75) is 38.0 Å². The van der Waals surface area contributed by atoms with E-state index in [9.17, 15) is 9.59 Å². The minimum absolute atomic E-state index is 0.107. The molecule has 0 radical (unpaired) electrons. The minimum Gasteiger partial charge on any atom is -0.454 e. The molecular formula is C22H23N3O4S. The van der Waals surface area contributed by atoms with Gasteiger partial charge in [0.05, 0.1) is 23.2 Å². The number of nitrogens with zero attached hydrogens (tertiary/aromatic N) is 2. The zero-order chi connectivity index (χ0) is 21.3. The average molecular weight is 426 g/mol. The molecule has 4 rings (SSSR count). The van der Waals surface area contributed by atoms with Crippen LogP contribution in [0.15, 0.2) is 52.4 Å². The van der Waals surface area contributed by atoms with Gasteiger partial charge in [-0.25, -0.2) is 4.98 Å². The Morgan fingerprint density at radius 1 is 1.17 bits per heavy atom. The third kappa shape index (κ3) is 4.43. The van der Waals surface area contributed by atoms with Crippen molar-refractivity contribution in [3.8, 4) is 11.5 Å². The molecule has 0 saturated heterocycles. The summed E-state index contributed by atoms with van der Waals surface area (Å²) in [6.45, 7) is 6.30. The number of para-hydroxylation sites is 1. The summed E-state index contributed by atoms with van der Waals surface area (Å²) in [5.41, 5.74) is 1.04. The van der Waals surface area contributed by atoms with E-state index in [1.54, 1.807) is 16.7 Å². The van der Waals surface area contributed by atoms with E-state index in [-0.39, 0.29) is 29.6 Å². The van der Waals surface area contributed by atoms with Crippen molar-refractivity contribution in [2.24, 2.45) is 0 Å². The number of carbonyl (C=O) groups is 1. The van der Waals surface area contributed by atoms with Gasteiger partial charge in [-0.05, 0) is 50.6 Å². The summed E-state index contributed by atoms with van der Waals surface area (Å²) >= 11 is 1.25. The smallest absolute Gasteiger partial charge is 0.262 e. The number of thioether (sulfide) groups is 1. The Hall–Kier alpha value is -3.00. The van der Waals surface area contributed by atoms with E-state index < -0.39 is 0 Å². The first-order chi connectivity index (χ1) is 14.3. The number of hydrogen-bond donors (Lipinski definition) is 1. The van der Waals surface area contributed by atoms with Gasteiger partial charge in [-0.15, -0.1) is 0 Å². The fourth-order valence-corrected chi connectivity index (χ4v) is 4.00. The van der Waals surface area contributed by atoms with E-state index in [1.165, 1.54) is 11.8 Å². The lowest BCUT2D eigenvalue weighted by Crippen LogP contribution is -2.41. The molecule has 30 heavy (non-hydrogen) atoms. The lowest BCUT2D eigenvalue weighted by atomic mass is 10.1. The number of ether oxygens (including phenoxy) is 2. The Morgan fingerprint density at radius 2 is 1.93 bits per heavy atom. The molecule has 1 aliphatic rings. The van der Waals surface area contributed by atoms with Crippen LogP contribution in [-0.2, 0) is 11.3 Å². The van der Waals surface area contributed by atoms with Crippen molar-refractivity contribution in [3.63, 3.8) is 0 Å². The molecule has 3 aromatic rings. The summed E-state index contributed by atoms with van der Waals surface area (Å²) in [5.74, 6) is 1.41. The van der Waals surface area contributed by atoms with Crippen LogP contribution in [0.3, 0.4) is 0 Å². The molecule has 0 saturated carbocycles. The molecule has 7 nitrogen and oxygen atoms in total. The van der Waals surface area contributed by atoms with Crippen molar-refractivity contribution in [1.82, 2.24) is 14.9 Å². The Bertz CT molecular complexity index is 1170. The Labute approximate surface area is 178 Å². The summed E-state index contributed by atoms with van der Waals surface area (Å²) in [6.07, 6.45) is 0. The molecule has 0 atom stereocenters. The van der Waals surface area contributed by atoms with Gasteiger partial charge in [-0.2, -0.15) is 0 Å². The van der Waals surface area contributed by atoms with E-state index in [0.717, 1.165) is 5.56 Å². The van der Waals surface area contributed by atoms with Gasteiger partial charge in [-0.3, -0.25) is 14.2 Å². The third-order valence-corrected chi connectivity index (χ3v) is 5.43. The zero-order valence-electron chi connectivity index (χ0n) is 17.1. The number of hydrogen-bond acceptors (Lipinski definition) is 6. The fraction of sp³-hybridized carbons (Fsp3) is 0.318. The molecular weight excluding hydrogens is 402 g/mol. The van der Waals surface area contributed by atoms with Crippen molar-refractivity contribution in [1.29, 1.82) is 0 Å². The summed E-state index contributed by atoms with van der Waals surface area (Å²) in [5, 5.41) is 3.98. The molecule has 8 heteroatoms. The normalized spacial score (nSPS) is 12.9. The molecule has 2 heterocycles. The molecule has 0 spiro atoms. The fourth-order valence-electron chi connectivity index (χ4n) is 3.20. The van der Waals surface area contributed by atoms with E-state index in [0.29, 0.717) is 34.1 Å². The molecule has 2 aromatic carbocycles. The number of rotatable bonds is 5. The van der Waals surface area contributed by atoms with Gasteiger partial charge in [0.2, 0.25) is 12.7 Å². The summed E-state index contributed by atoms with van der Waals surface area (Å²) < 4.78 is 12.4. The van der Waals surface area contributed by atoms with Crippen LogP contribution in [0.1, 0.15) is 26.3 Å². The quantitative estimate of drug-likeness (QED) is 0.499. The highest BCUT2D eigenvalue weighted by molar-refractivity contribution is 7.99. The Balaban J connectivity index is 1.67. The second-order valence-corrected chi connectivity index (χ2v) is 9.02. The maximum Gasteiger partial charge on any atom is 0.262 e. The van der Waals surface area contributed by atoms with Crippen molar-refractivity contribution in [2.75, 3.05) is 12.5 Å². The molecule has 1 amide bonds. The van der Waals surface area contributed by atoms with Gasteiger partial charge in [0.15, 0.2) is 16.7 Å².